The Bertz CT molecular complexity index is 397. The number of hydrogen-bond donors (Lipinski definition) is 1. The highest BCUT2D eigenvalue weighted by Gasteiger charge is 2.34. The second-order valence-corrected chi connectivity index (χ2v) is 7.37. The van der Waals surface area contributed by atoms with Gasteiger partial charge in [0.15, 0.2) is 0 Å². The number of nitrogens with one attached hydrogen (secondary N) is 1. The quantitative estimate of drug-likeness (QED) is 0.880. The van der Waals surface area contributed by atoms with Crippen LogP contribution in [0, 0.1) is 6.92 Å². The zero-order valence-electron chi connectivity index (χ0n) is 11.5. The third-order valence-corrected chi connectivity index (χ3v) is 5.13. The molecule has 1 aliphatic carbocycles. The summed E-state index contributed by atoms with van der Waals surface area (Å²) in [6.07, 6.45) is 5.40. The monoisotopic (exact) mass is 264 g/mol. The van der Waals surface area contributed by atoms with Crippen LogP contribution < -0.4 is 5.32 Å². The Morgan fingerprint density at radius 1 is 1.39 bits per heavy atom. The second-order valence-electron chi connectivity index (χ2n) is 6.00. The Hall–Kier alpha value is -0.380. The highest BCUT2D eigenvalue weighted by Crippen LogP contribution is 2.30. The van der Waals surface area contributed by atoms with Crippen molar-refractivity contribution in [2.75, 3.05) is 13.1 Å². The van der Waals surface area contributed by atoms with Crippen LogP contribution in [0.3, 0.4) is 0 Å². The highest BCUT2D eigenvalue weighted by atomic mass is 32.1. The molecule has 0 bridgehead atoms. The SMILES string of the molecule is Cc1ccc(CC(C)NC2CCN(C3CC3)C2)s1. The molecule has 2 atom stereocenters. The molecule has 3 rings (SSSR count). The predicted octanol–water partition coefficient (Wildman–Crippen LogP) is 2.81. The molecular formula is C15H24N2S. The summed E-state index contributed by atoms with van der Waals surface area (Å²) in [6.45, 7) is 7.11. The van der Waals surface area contributed by atoms with Crippen molar-refractivity contribution in [2.45, 2.75) is 57.7 Å². The van der Waals surface area contributed by atoms with Gasteiger partial charge in [-0.1, -0.05) is 0 Å². The summed E-state index contributed by atoms with van der Waals surface area (Å²) < 4.78 is 0. The summed E-state index contributed by atoms with van der Waals surface area (Å²) in [5.74, 6) is 0. The molecule has 2 nitrogen and oxygen atoms in total. The number of thiophene rings is 1. The Morgan fingerprint density at radius 3 is 2.89 bits per heavy atom. The van der Waals surface area contributed by atoms with Crippen LogP contribution in [-0.4, -0.2) is 36.1 Å². The molecule has 2 fully saturated rings. The first kappa shape index (κ1) is 12.6. The largest absolute Gasteiger partial charge is 0.310 e. The molecule has 2 aliphatic rings. The fourth-order valence-electron chi connectivity index (χ4n) is 3.05. The minimum atomic E-state index is 0.604. The number of likely N-dealkylation sites (tertiary alicyclic amines) is 1. The fourth-order valence-corrected chi connectivity index (χ4v) is 4.07. The van der Waals surface area contributed by atoms with Gasteiger partial charge in [-0.2, -0.15) is 0 Å². The van der Waals surface area contributed by atoms with Crippen molar-refractivity contribution in [2.24, 2.45) is 0 Å². The van der Waals surface area contributed by atoms with E-state index in [1.807, 2.05) is 11.3 Å². The van der Waals surface area contributed by atoms with Gasteiger partial charge < -0.3 is 5.32 Å². The van der Waals surface area contributed by atoms with Crippen LogP contribution in [0.5, 0.6) is 0 Å². The van der Waals surface area contributed by atoms with E-state index in [9.17, 15) is 0 Å². The first-order chi connectivity index (χ1) is 8.70. The first-order valence-corrected chi connectivity index (χ1v) is 8.08. The first-order valence-electron chi connectivity index (χ1n) is 7.26. The number of aryl methyl sites for hydroxylation is 1. The number of nitrogens with zero attached hydrogens (tertiary/aromatic N) is 1. The molecule has 0 amide bonds. The summed E-state index contributed by atoms with van der Waals surface area (Å²) in [5.41, 5.74) is 0. The molecule has 3 heteroatoms. The summed E-state index contributed by atoms with van der Waals surface area (Å²) in [6, 6.07) is 6.78. The summed E-state index contributed by atoms with van der Waals surface area (Å²) in [4.78, 5) is 5.63. The van der Waals surface area contributed by atoms with Crippen LogP contribution in [0.1, 0.15) is 35.9 Å². The Labute approximate surface area is 114 Å². The van der Waals surface area contributed by atoms with Gasteiger partial charge in [0.25, 0.3) is 0 Å². The highest BCUT2D eigenvalue weighted by molar-refractivity contribution is 7.11. The van der Waals surface area contributed by atoms with Crippen molar-refractivity contribution in [3.05, 3.63) is 21.9 Å². The third kappa shape index (κ3) is 3.14. The van der Waals surface area contributed by atoms with E-state index in [4.69, 9.17) is 0 Å². The molecule has 100 valence electrons. The van der Waals surface area contributed by atoms with Crippen LogP contribution >= 0.6 is 11.3 Å². The van der Waals surface area contributed by atoms with Gasteiger partial charge in [-0.15, -0.1) is 11.3 Å². The van der Waals surface area contributed by atoms with E-state index >= 15 is 0 Å². The van der Waals surface area contributed by atoms with Crippen molar-refractivity contribution in [1.82, 2.24) is 10.2 Å². The zero-order valence-corrected chi connectivity index (χ0v) is 12.3. The minimum absolute atomic E-state index is 0.604. The summed E-state index contributed by atoms with van der Waals surface area (Å²) in [5, 5.41) is 3.81. The second kappa shape index (κ2) is 5.32. The molecule has 1 saturated carbocycles. The lowest BCUT2D eigenvalue weighted by Gasteiger charge is -2.20. The lowest BCUT2D eigenvalue weighted by Crippen LogP contribution is -2.39. The molecule has 2 unspecified atom stereocenters. The maximum Gasteiger partial charge on any atom is 0.0209 e. The third-order valence-electron chi connectivity index (χ3n) is 4.11. The Kier molecular flexibility index (Phi) is 3.73. The molecule has 2 heterocycles. The fraction of sp³-hybridized carbons (Fsp3) is 0.733. The molecule has 1 saturated heterocycles. The molecule has 1 aromatic heterocycles. The molecule has 1 aromatic rings. The van der Waals surface area contributed by atoms with E-state index in [0.29, 0.717) is 6.04 Å². The van der Waals surface area contributed by atoms with Gasteiger partial charge in [0.1, 0.15) is 0 Å². The van der Waals surface area contributed by atoms with Gasteiger partial charge in [-0.05, 0) is 51.7 Å². The van der Waals surface area contributed by atoms with Crippen molar-refractivity contribution in [3.63, 3.8) is 0 Å². The van der Waals surface area contributed by atoms with Crippen LogP contribution in [-0.2, 0) is 6.42 Å². The van der Waals surface area contributed by atoms with Crippen LogP contribution in [0.4, 0.5) is 0 Å². The van der Waals surface area contributed by atoms with Gasteiger partial charge in [0, 0.05) is 41.0 Å². The molecule has 1 N–H and O–H groups in total. The standard InChI is InChI=1S/C15H24N2S/c1-11(9-15-6-3-12(2)18-15)16-13-7-8-17(10-13)14-4-5-14/h3,6,11,13-14,16H,4-5,7-10H2,1-2H3. The maximum atomic E-state index is 3.81. The average Bonchev–Trinajstić information content (AvgIpc) is 2.95. The van der Waals surface area contributed by atoms with E-state index in [2.05, 4.69) is 36.2 Å². The summed E-state index contributed by atoms with van der Waals surface area (Å²) in [7, 11) is 0. The van der Waals surface area contributed by atoms with E-state index in [1.54, 1.807) is 0 Å². The molecular weight excluding hydrogens is 240 g/mol. The smallest absolute Gasteiger partial charge is 0.0209 e. The maximum absolute atomic E-state index is 3.81. The van der Waals surface area contributed by atoms with Gasteiger partial charge in [0.05, 0.1) is 0 Å². The minimum Gasteiger partial charge on any atom is -0.310 e. The van der Waals surface area contributed by atoms with Gasteiger partial charge >= 0.3 is 0 Å². The number of hydrogen-bond acceptors (Lipinski definition) is 3. The van der Waals surface area contributed by atoms with Gasteiger partial charge in [-0.3, -0.25) is 4.90 Å². The average molecular weight is 264 g/mol. The van der Waals surface area contributed by atoms with E-state index in [0.717, 1.165) is 12.1 Å². The molecule has 0 spiro atoms. The molecule has 1 aliphatic heterocycles. The zero-order chi connectivity index (χ0) is 12.5. The molecule has 18 heavy (non-hydrogen) atoms. The van der Waals surface area contributed by atoms with E-state index < -0.39 is 0 Å². The van der Waals surface area contributed by atoms with Crippen molar-refractivity contribution in [3.8, 4) is 0 Å². The van der Waals surface area contributed by atoms with Crippen molar-refractivity contribution in [1.29, 1.82) is 0 Å². The van der Waals surface area contributed by atoms with Crippen LogP contribution in [0.25, 0.3) is 0 Å². The number of rotatable bonds is 5. The predicted molar refractivity (Wildman–Crippen MR) is 78.4 cm³/mol. The topological polar surface area (TPSA) is 15.3 Å². The molecule has 0 radical (unpaired) electrons. The summed E-state index contributed by atoms with van der Waals surface area (Å²) >= 11 is 1.94. The lowest BCUT2D eigenvalue weighted by molar-refractivity contribution is 0.313. The Morgan fingerprint density at radius 2 is 2.22 bits per heavy atom. The van der Waals surface area contributed by atoms with Crippen molar-refractivity contribution < 1.29 is 0 Å². The van der Waals surface area contributed by atoms with Crippen molar-refractivity contribution >= 4 is 11.3 Å². The van der Waals surface area contributed by atoms with E-state index in [-0.39, 0.29) is 0 Å². The lowest BCUT2D eigenvalue weighted by atomic mass is 10.1. The van der Waals surface area contributed by atoms with Gasteiger partial charge in [-0.25, -0.2) is 0 Å². The van der Waals surface area contributed by atoms with Crippen LogP contribution in [0.2, 0.25) is 0 Å². The van der Waals surface area contributed by atoms with Crippen LogP contribution in [0.15, 0.2) is 12.1 Å². The van der Waals surface area contributed by atoms with E-state index in [1.165, 1.54) is 48.5 Å². The van der Waals surface area contributed by atoms with Gasteiger partial charge in [0.2, 0.25) is 0 Å². The molecule has 0 aromatic carbocycles. The Balaban J connectivity index is 1.44. The normalized spacial score (nSPS) is 26.7.